The molecule has 6 nitrogen and oxygen atoms in total. The Morgan fingerprint density at radius 1 is 1.38 bits per heavy atom. The van der Waals surface area contributed by atoms with Crippen LogP contribution in [0.4, 0.5) is 4.39 Å². The maximum absolute atomic E-state index is 13.8. The van der Waals surface area contributed by atoms with Gasteiger partial charge in [0.2, 0.25) is 0 Å². The summed E-state index contributed by atoms with van der Waals surface area (Å²) in [6.45, 7) is 2.45. The van der Waals surface area contributed by atoms with Crippen LogP contribution in [0.15, 0.2) is 36.5 Å². The highest BCUT2D eigenvalue weighted by Crippen LogP contribution is 2.23. The quantitative estimate of drug-likeness (QED) is 0.890. The van der Waals surface area contributed by atoms with Crippen molar-refractivity contribution in [3.63, 3.8) is 0 Å². The number of amides is 2. The summed E-state index contributed by atoms with van der Waals surface area (Å²) in [5.41, 5.74) is 6.17. The van der Waals surface area contributed by atoms with Crippen LogP contribution in [0.25, 0.3) is 0 Å². The zero-order valence-electron chi connectivity index (χ0n) is 14.4. The van der Waals surface area contributed by atoms with Gasteiger partial charge >= 0.3 is 0 Å². The maximum atomic E-state index is 13.8. The molecule has 1 fully saturated rings. The van der Waals surface area contributed by atoms with Gasteiger partial charge in [-0.05, 0) is 49.6 Å². The number of rotatable bonds is 5. The predicted molar refractivity (Wildman–Crippen MR) is 93.4 cm³/mol. The van der Waals surface area contributed by atoms with Gasteiger partial charge in [0.05, 0.1) is 6.04 Å². The van der Waals surface area contributed by atoms with E-state index in [-0.39, 0.29) is 24.2 Å². The van der Waals surface area contributed by atoms with Crippen molar-refractivity contribution in [2.24, 2.45) is 5.73 Å². The van der Waals surface area contributed by atoms with Crippen LogP contribution in [0.2, 0.25) is 0 Å². The third-order valence-corrected chi connectivity index (χ3v) is 4.49. The largest absolute Gasteiger partial charge is 0.489 e. The zero-order chi connectivity index (χ0) is 18.7. The molecule has 1 aliphatic heterocycles. The van der Waals surface area contributed by atoms with Gasteiger partial charge in [0, 0.05) is 18.3 Å². The molecule has 1 atom stereocenters. The number of halogens is 1. The molecule has 3 rings (SSSR count). The van der Waals surface area contributed by atoms with E-state index in [4.69, 9.17) is 10.5 Å². The SMILES string of the molecule is Cc1ccc(C(=O)N2CCCC2COc2cccnc2C(N)=O)cc1F. The summed E-state index contributed by atoms with van der Waals surface area (Å²) < 4.78 is 19.5. The minimum Gasteiger partial charge on any atom is -0.489 e. The molecule has 2 amide bonds. The first-order valence-corrected chi connectivity index (χ1v) is 8.42. The van der Waals surface area contributed by atoms with Gasteiger partial charge in [0.25, 0.3) is 11.8 Å². The zero-order valence-corrected chi connectivity index (χ0v) is 14.4. The lowest BCUT2D eigenvalue weighted by Gasteiger charge is -2.25. The van der Waals surface area contributed by atoms with Crippen molar-refractivity contribution in [1.82, 2.24) is 9.88 Å². The van der Waals surface area contributed by atoms with Crippen molar-refractivity contribution < 1.29 is 18.7 Å². The third-order valence-electron chi connectivity index (χ3n) is 4.49. The lowest BCUT2D eigenvalue weighted by atomic mass is 10.1. The van der Waals surface area contributed by atoms with Crippen molar-refractivity contribution in [1.29, 1.82) is 0 Å². The first-order valence-electron chi connectivity index (χ1n) is 8.42. The fraction of sp³-hybridized carbons (Fsp3) is 0.316. The lowest BCUT2D eigenvalue weighted by Crippen LogP contribution is -2.39. The lowest BCUT2D eigenvalue weighted by molar-refractivity contribution is 0.0688. The van der Waals surface area contributed by atoms with Gasteiger partial charge in [-0.3, -0.25) is 9.59 Å². The Hall–Kier alpha value is -2.96. The summed E-state index contributed by atoms with van der Waals surface area (Å²) in [5, 5.41) is 0. The summed E-state index contributed by atoms with van der Waals surface area (Å²) >= 11 is 0. The first-order chi connectivity index (χ1) is 12.5. The Morgan fingerprint density at radius 2 is 2.19 bits per heavy atom. The van der Waals surface area contributed by atoms with E-state index in [1.807, 2.05) is 0 Å². The molecule has 1 aromatic heterocycles. The number of hydrogen-bond donors (Lipinski definition) is 1. The number of nitrogens with zero attached hydrogens (tertiary/aromatic N) is 2. The summed E-state index contributed by atoms with van der Waals surface area (Å²) in [4.78, 5) is 29.7. The van der Waals surface area contributed by atoms with Gasteiger partial charge in [-0.25, -0.2) is 9.37 Å². The molecule has 1 aliphatic rings. The summed E-state index contributed by atoms with van der Waals surface area (Å²) in [7, 11) is 0. The molecule has 1 saturated heterocycles. The molecule has 1 aromatic carbocycles. The number of primary amides is 1. The molecule has 2 N–H and O–H groups in total. The second-order valence-corrected chi connectivity index (χ2v) is 6.28. The number of nitrogens with two attached hydrogens (primary N) is 1. The van der Waals surface area contributed by atoms with Gasteiger partial charge in [0.15, 0.2) is 11.4 Å². The number of aromatic nitrogens is 1. The normalized spacial score (nSPS) is 16.5. The molecule has 2 heterocycles. The Labute approximate surface area is 150 Å². The third kappa shape index (κ3) is 3.66. The molecule has 7 heteroatoms. The van der Waals surface area contributed by atoms with E-state index < -0.39 is 11.7 Å². The second-order valence-electron chi connectivity index (χ2n) is 6.28. The van der Waals surface area contributed by atoms with Crippen LogP contribution in [-0.2, 0) is 0 Å². The number of carbonyl (C=O) groups is 2. The number of carbonyl (C=O) groups excluding carboxylic acids is 2. The van der Waals surface area contributed by atoms with Crippen LogP contribution in [0.5, 0.6) is 5.75 Å². The average Bonchev–Trinajstić information content (AvgIpc) is 3.10. The van der Waals surface area contributed by atoms with Gasteiger partial charge in [-0.15, -0.1) is 0 Å². The average molecular weight is 357 g/mol. The Kier molecular flexibility index (Phi) is 5.16. The number of aryl methyl sites for hydroxylation is 1. The highest BCUT2D eigenvalue weighted by Gasteiger charge is 2.30. The Bertz CT molecular complexity index is 841. The van der Waals surface area contributed by atoms with E-state index >= 15 is 0 Å². The van der Waals surface area contributed by atoms with Gasteiger partial charge in [-0.1, -0.05) is 6.07 Å². The monoisotopic (exact) mass is 357 g/mol. The fourth-order valence-electron chi connectivity index (χ4n) is 3.05. The van der Waals surface area contributed by atoms with Gasteiger partial charge in [-0.2, -0.15) is 0 Å². The topological polar surface area (TPSA) is 85.5 Å². The Morgan fingerprint density at radius 3 is 2.92 bits per heavy atom. The van der Waals surface area contributed by atoms with Crippen LogP contribution in [0.1, 0.15) is 39.3 Å². The van der Waals surface area contributed by atoms with Crippen molar-refractivity contribution in [2.45, 2.75) is 25.8 Å². The second kappa shape index (κ2) is 7.51. The van der Waals surface area contributed by atoms with Crippen molar-refractivity contribution >= 4 is 11.8 Å². The van der Waals surface area contributed by atoms with Crippen molar-refractivity contribution in [3.8, 4) is 5.75 Å². The summed E-state index contributed by atoms with van der Waals surface area (Å²) in [5.74, 6) is -1.00. The van der Waals surface area contributed by atoms with E-state index in [1.165, 1.54) is 12.3 Å². The number of pyridine rings is 1. The fourth-order valence-corrected chi connectivity index (χ4v) is 3.05. The van der Waals surface area contributed by atoms with Crippen LogP contribution < -0.4 is 10.5 Å². The molecule has 136 valence electrons. The number of likely N-dealkylation sites (tertiary alicyclic amines) is 1. The minimum absolute atomic E-state index is 0.0592. The van der Waals surface area contributed by atoms with Crippen LogP contribution in [0.3, 0.4) is 0 Å². The maximum Gasteiger partial charge on any atom is 0.271 e. The minimum atomic E-state index is -0.671. The van der Waals surface area contributed by atoms with E-state index in [0.29, 0.717) is 23.4 Å². The van der Waals surface area contributed by atoms with Crippen LogP contribution >= 0.6 is 0 Å². The standard InChI is InChI=1S/C19H20FN3O3/c1-12-6-7-13(10-15(12)20)19(25)23-9-3-4-14(23)11-26-16-5-2-8-22-17(16)18(21)24/h2,5-8,10,14H,3-4,9,11H2,1H3,(H2,21,24). The van der Waals surface area contributed by atoms with Gasteiger partial charge in [0.1, 0.15) is 12.4 Å². The van der Waals surface area contributed by atoms with E-state index in [0.717, 1.165) is 12.8 Å². The summed E-state index contributed by atoms with van der Waals surface area (Å²) in [6, 6.07) is 7.59. The molecular formula is C19H20FN3O3. The highest BCUT2D eigenvalue weighted by atomic mass is 19.1. The van der Waals surface area contributed by atoms with Gasteiger partial charge < -0.3 is 15.4 Å². The first kappa shape index (κ1) is 17.8. The Balaban J connectivity index is 1.71. The van der Waals surface area contributed by atoms with E-state index in [2.05, 4.69) is 4.98 Å². The van der Waals surface area contributed by atoms with Crippen molar-refractivity contribution in [2.75, 3.05) is 13.2 Å². The van der Waals surface area contributed by atoms with Crippen LogP contribution in [-0.4, -0.2) is 40.9 Å². The highest BCUT2D eigenvalue weighted by molar-refractivity contribution is 5.95. The van der Waals surface area contributed by atoms with Crippen molar-refractivity contribution in [3.05, 3.63) is 59.2 Å². The molecule has 0 saturated carbocycles. The smallest absolute Gasteiger partial charge is 0.271 e. The number of hydrogen-bond acceptors (Lipinski definition) is 4. The summed E-state index contributed by atoms with van der Waals surface area (Å²) in [6.07, 6.45) is 3.07. The number of ether oxygens (including phenoxy) is 1. The molecule has 26 heavy (non-hydrogen) atoms. The number of benzene rings is 1. The molecular weight excluding hydrogens is 337 g/mol. The molecule has 0 bridgehead atoms. The van der Waals surface area contributed by atoms with E-state index in [9.17, 15) is 14.0 Å². The van der Waals surface area contributed by atoms with Crippen LogP contribution in [0, 0.1) is 12.7 Å². The molecule has 2 aromatic rings. The van der Waals surface area contributed by atoms with E-state index in [1.54, 1.807) is 36.1 Å². The molecule has 0 aliphatic carbocycles. The molecule has 0 radical (unpaired) electrons. The predicted octanol–water partition coefficient (Wildman–Crippen LogP) is 2.31. The molecule has 0 spiro atoms. The molecule has 1 unspecified atom stereocenters.